The van der Waals surface area contributed by atoms with Crippen LogP contribution in [0.25, 0.3) is 19.5 Å². The van der Waals surface area contributed by atoms with Crippen molar-refractivity contribution < 1.29 is 19.4 Å². The Morgan fingerprint density at radius 3 is 2.39 bits per heavy atom. The molecule has 1 atom stereocenters. The van der Waals surface area contributed by atoms with E-state index in [0.717, 1.165) is 23.7 Å². The van der Waals surface area contributed by atoms with Crippen LogP contribution in [0.4, 0.5) is 0 Å². The number of hydrogen-bond acceptors (Lipinski definition) is 11. The van der Waals surface area contributed by atoms with Gasteiger partial charge in [-0.25, -0.2) is 0 Å². The number of hydrogen-bond donors (Lipinski definition) is 1. The minimum Gasteiger partial charge on any atom is -0.465 e. The summed E-state index contributed by atoms with van der Waals surface area (Å²) in [5.74, 6) is 0.315. The van der Waals surface area contributed by atoms with Crippen LogP contribution in [0.1, 0.15) is 30.9 Å². The highest BCUT2D eigenvalue weighted by Gasteiger charge is 2.29. The van der Waals surface area contributed by atoms with Crippen molar-refractivity contribution in [1.29, 1.82) is 5.26 Å². The molecule has 0 aliphatic carbocycles. The Labute approximate surface area is 283 Å². The van der Waals surface area contributed by atoms with Gasteiger partial charge in [-0.05, 0) is 101 Å². The summed E-state index contributed by atoms with van der Waals surface area (Å²) in [4.78, 5) is 17.1. The molecule has 1 aromatic carbocycles. The van der Waals surface area contributed by atoms with Crippen molar-refractivity contribution in [3.8, 4) is 31.3 Å². The molecule has 0 radical (unpaired) electrons. The Kier molecular flexibility index (Phi) is 13.6. The molecule has 0 saturated heterocycles. The molecule has 0 aliphatic heterocycles. The maximum atomic E-state index is 11.9. The molecule has 0 aliphatic rings. The van der Waals surface area contributed by atoms with Crippen LogP contribution in [-0.4, -0.2) is 33.4 Å². The van der Waals surface area contributed by atoms with Crippen molar-refractivity contribution in [3.63, 3.8) is 0 Å². The summed E-state index contributed by atoms with van der Waals surface area (Å²) >= 11 is 13.3. The average Bonchev–Trinajstić information content (AvgIpc) is 3.85. The number of benzene rings is 1. The highest BCUT2D eigenvalue weighted by molar-refractivity contribution is 8.23. The second-order valence-corrected chi connectivity index (χ2v) is 15.4. The number of carbonyl (C=O) groups is 1. The number of thioether (sulfide) groups is 1. The summed E-state index contributed by atoms with van der Waals surface area (Å²) in [6.07, 6.45) is 1.93. The van der Waals surface area contributed by atoms with Gasteiger partial charge in [-0.15, -0.1) is 34.0 Å². The van der Waals surface area contributed by atoms with E-state index in [1.54, 1.807) is 53.1 Å². The van der Waals surface area contributed by atoms with Crippen LogP contribution in [0.15, 0.2) is 88.3 Å². The van der Waals surface area contributed by atoms with E-state index in [1.165, 1.54) is 25.1 Å². The molecule has 5 rings (SSSR count). The summed E-state index contributed by atoms with van der Waals surface area (Å²) in [7, 11) is 0. The molecule has 4 aromatic heterocycles. The van der Waals surface area contributed by atoms with Gasteiger partial charge in [0.15, 0.2) is 0 Å². The van der Waals surface area contributed by atoms with Crippen LogP contribution in [-0.2, 0) is 22.4 Å². The number of thiocarbonyl (C=S) groups is 1. The molecule has 0 saturated carbocycles. The van der Waals surface area contributed by atoms with Gasteiger partial charge in [0.2, 0.25) is 4.38 Å². The van der Waals surface area contributed by atoms with Gasteiger partial charge < -0.3 is 14.6 Å². The van der Waals surface area contributed by atoms with Gasteiger partial charge in [-0.2, -0.15) is 16.6 Å². The summed E-state index contributed by atoms with van der Waals surface area (Å²) < 4.78 is 10.2. The average molecular weight is 698 g/mol. The lowest BCUT2D eigenvalue weighted by Crippen LogP contribution is -2.23. The molecule has 11 heteroatoms. The van der Waals surface area contributed by atoms with Crippen LogP contribution in [0.2, 0.25) is 0 Å². The fraction of sp³-hybridized carbons (Fsp3) is 0.242. The topological polar surface area (TPSA) is 79.6 Å². The molecule has 5 aromatic rings. The first-order valence-corrected chi connectivity index (χ1v) is 18.5. The van der Waals surface area contributed by atoms with E-state index >= 15 is 0 Å². The van der Waals surface area contributed by atoms with Gasteiger partial charge in [-0.3, -0.25) is 4.79 Å². The van der Waals surface area contributed by atoms with E-state index in [0.29, 0.717) is 25.2 Å². The third kappa shape index (κ3) is 10.7. The van der Waals surface area contributed by atoms with Crippen molar-refractivity contribution >= 4 is 79.7 Å². The maximum absolute atomic E-state index is 11.9. The van der Waals surface area contributed by atoms with Gasteiger partial charge >= 0.3 is 5.97 Å². The zero-order chi connectivity index (χ0) is 31.2. The summed E-state index contributed by atoms with van der Waals surface area (Å²) in [6, 6.07) is 24.1. The predicted octanol–water partition coefficient (Wildman–Crippen LogP) is 9.73. The van der Waals surface area contributed by atoms with Crippen molar-refractivity contribution in [2.24, 2.45) is 0 Å². The lowest BCUT2D eigenvalue weighted by Gasteiger charge is -2.20. The van der Waals surface area contributed by atoms with Crippen molar-refractivity contribution in [3.05, 3.63) is 99.4 Å². The van der Waals surface area contributed by atoms with Crippen LogP contribution in [0.3, 0.4) is 0 Å². The molecule has 4 heterocycles. The third-order valence-corrected chi connectivity index (χ3v) is 11.6. The van der Waals surface area contributed by atoms with E-state index in [9.17, 15) is 15.2 Å². The molecule has 0 spiro atoms. The van der Waals surface area contributed by atoms with Gasteiger partial charge in [0.25, 0.3) is 0 Å². The van der Waals surface area contributed by atoms with Crippen molar-refractivity contribution in [2.75, 3.05) is 13.2 Å². The van der Waals surface area contributed by atoms with Crippen LogP contribution < -0.4 is 4.74 Å². The summed E-state index contributed by atoms with van der Waals surface area (Å²) in [6.45, 7) is 2.30. The Bertz CT molecular complexity index is 1610. The predicted molar refractivity (Wildman–Crippen MR) is 191 cm³/mol. The largest absolute Gasteiger partial charge is 0.465 e. The second kappa shape index (κ2) is 17.6. The Balaban J connectivity index is 0.000000213. The fourth-order valence-corrected chi connectivity index (χ4v) is 8.97. The van der Waals surface area contributed by atoms with Gasteiger partial charge in [0, 0.05) is 39.0 Å². The Morgan fingerprint density at radius 1 is 1.00 bits per heavy atom. The first kappa shape index (κ1) is 34.1. The van der Waals surface area contributed by atoms with E-state index < -0.39 is 4.75 Å². The monoisotopic (exact) mass is 697 g/mol. The highest BCUT2D eigenvalue weighted by Crippen LogP contribution is 2.41. The van der Waals surface area contributed by atoms with Crippen LogP contribution in [0, 0.1) is 11.3 Å². The number of esters is 1. The Hall–Kier alpha value is -2.82. The zero-order valence-corrected chi connectivity index (χ0v) is 28.9. The number of thiophene rings is 4. The van der Waals surface area contributed by atoms with Gasteiger partial charge in [-0.1, -0.05) is 42.1 Å². The number of ether oxygens (including phenoxy) is 2. The molecule has 1 N–H and O–H groups in total. The molecule has 0 bridgehead atoms. The number of nitrogens with zero attached hydrogens (tertiary/aromatic N) is 1. The Morgan fingerprint density at radius 2 is 1.75 bits per heavy atom. The number of rotatable bonds is 12. The van der Waals surface area contributed by atoms with Crippen LogP contribution in [0.5, 0.6) is 5.75 Å². The van der Waals surface area contributed by atoms with Gasteiger partial charge in [0.05, 0.1) is 12.7 Å². The second-order valence-electron chi connectivity index (χ2n) is 9.61. The number of nitriles is 1. The summed E-state index contributed by atoms with van der Waals surface area (Å²) in [5.41, 5.74) is 2.41. The number of aliphatic hydroxyl groups excluding tert-OH is 1. The molecule has 228 valence electrons. The molecular weight excluding hydrogens is 667 g/mol. The molecule has 1 unspecified atom stereocenters. The molecule has 0 fully saturated rings. The van der Waals surface area contributed by atoms with Crippen molar-refractivity contribution in [1.82, 2.24) is 0 Å². The lowest BCUT2D eigenvalue weighted by molar-refractivity contribution is -0.143. The first-order chi connectivity index (χ1) is 21.4. The third-order valence-electron chi connectivity index (χ3n) is 6.23. The van der Waals surface area contributed by atoms with E-state index in [1.807, 2.05) is 46.4 Å². The minimum absolute atomic E-state index is 0.161. The smallest absolute Gasteiger partial charge is 0.305 e. The standard InChI is InChI=1S/C19H19NO3S3.C14H12OS3/c1-19(14-20,26-18(24)23-16-5-3-2-4-6-16)10-7-17(21)22-11-8-15-9-12-25-13-15;15-6-5-10-9-13(11-3-1-7-16-11)18-14(10)12-4-2-8-17-12/h2-6,9,12-13H,7-8,10-11H2,1H3;1-4,7-9,15H,5-6H2. The van der Waals surface area contributed by atoms with E-state index in [4.69, 9.17) is 21.7 Å². The highest BCUT2D eigenvalue weighted by atomic mass is 32.2. The van der Waals surface area contributed by atoms with Gasteiger partial charge in [0.1, 0.15) is 10.5 Å². The maximum Gasteiger partial charge on any atom is 0.305 e. The molecule has 5 nitrogen and oxygen atoms in total. The van der Waals surface area contributed by atoms with E-state index in [2.05, 4.69) is 47.2 Å². The minimum atomic E-state index is -0.849. The zero-order valence-electron chi connectivity index (χ0n) is 24.0. The van der Waals surface area contributed by atoms with Crippen molar-refractivity contribution in [2.45, 2.75) is 37.4 Å². The quantitative estimate of drug-likeness (QED) is 0.103. The summed E-state index contributed by atoms with van der Waals surface area (Å²) in [5, 5.41) is 26.9. The number of para-hydroxylation sites is 1. The SMILES string of the molecule is CC(C#N)(CCC(=O)OCCc1ccsc1)SC(=S)Oc1ccccc1.OCCc1cc(-c2cccs2)sc1-c1cccs1. The van der Waals surface area contributed by atoms with E-state index in [-0.39, 0.29) is 23.4 Å². The van der Waals surface area contributed by atoms with Crippen LogP contribution >= 0.6 is 69.3 Å². The number of carbonyl (C=O) groups excluding carboxylic acids is 1. The fourth-order valence-electron chi connectivity index (χ4n) is 3.94. The first-order valence-electron chi connectivity index (χ1n) is 13.7. The normalized spacial score (nSPS) is 11.9. The molecule has 0 amide bonds. The lowest BCUT2D eigenvalue weighted by atomic mass is 10.1. The molecular formula is C33H31NO4S6. The molecule has 44 heavy (non-hydrogen) atoms. The number of aliphatic hydroxyl groups is 1.